The van der Waals surface area contributed by atoms with Gasteiger partial charge in [0, 0.05) is 0 Å². The quantitative estimate of drug-likeness (QED) is 0.562. The first-order valence-corrected chi connectivity index (χ1v) is 5.44. The standard InChI is InChI=1S/C13H22/c1-4-8-13(9-5-2)10-6-7-12(3)11-13/h4-5,12H,1-2,6-11H2,3H3/t12-/m1/s1. The van der Waals surface area contributed by atoms with Crippen molar-refractivity contribution in [1.82, 2.24) is 0 Å². The second-order valence-corrected chi connectivity index (χ2v) is 4.69. The van der Waals surface area contributed by atoms with Gasteiger partial charge in [0.25, 0.3) is 0 Å². The Balaban J connectivity index is 2.63. The molecule has 0 bridgehead atoms. The summed E-state index contributed by atoms with van der Waals surface area (Å²) in [5.74, 6) is 0.897. The molecular formula is C13H22. The monoisotopic (exact) mass is 178 g/mol. The van der Waals surface area contributed by atoms with E-state index in [1.54, 1.807) is 0 Å². The van der Waals surface area contributed by atoms with Crippen LogP contribution in [0.5, 0.6) is 0 Å². The van der Waals surface area contributed by atoms with Crippen molar-refractivity contribution < 1.29 is 0 Å². The van der Waals surface area contributed by atoms with Crippen molar-refractivity contribution in [2.75, 3.05) is 0 Å². The molecule has 1 fully saturated rings. The fraction of sp³-hybridized carbons (Fsp3) is 0.692. The molecule has 1 atom stereocenters. The van der Waals surface area contributed by atoms with E-state index in [4.69, 9.17) is 0 Å². The lowest BCUT2D eigenvalue weighted by molar-refractivity contribution is 0.151. The summed E-state index contributed by atoms with van der Waals surface area (Å²) in [5.41, 5.74) is 0.515. The van der Waals surface area contributed by atoms with E-state index < -0.39 is 0 Å². The highest BCUT2D eigenvalue weighted by atomic mass is 14.4. The van der Waals surface area contributed by atoms with Gasteiger partial charge in [0.2, 0.25) is 0 Å². The van der Waals surface area contributed by atoms with Crippen LogP contribution in [0.15, 0.2) is 25.3 Å². The van der Waals surface area contributed by atoms with E-state index >= 15 is 0 Å². The normalized spacial score (nSPS) is 26.7. The molecule has 0 unspecified atom stereocenters. The zero-order chi connectivity index (χ0) is 9.73. The molecular weight excluding hydrogens is 156 g/mol. The van der Waals surface area contributed by atoms with Crippen LogP contribution >= 0.6 is 0 Å². The first-order chi connectivity index (χ1) is 6.22. The van der Waals surface area contributed by atoms with Gasteiger partial charge >= 0.3 is 0 Å². The summed E-state index contributed by atoms with van der Waals surface area (Å²) in [5, 5.41) is 0. The predicted molar refractivity (Wildman–Crippen MR) is 59.7 cm³/mol. The molecule has 1 saturated carbocycles. The van der Waals surface area contributed by atoms with Crippen LogP contribution in [-0.4, -0.2) is 0 Å². The molecule has 0 aromatic rings. The highest BCUT2D eigenvalue weighted by Crippen LogP contribution is 2.44. The van der Waals surface area contributed by atoms with Crippen LogP contribution in [0.1, 0.15) is 45.4 Å². The minimum atomic E-state index is 0.515. The maximum Gasteiger partial charge on any atom is -0.0226 e. The molecule has 0 spiro atoms. The molecule has 0 aliphatic heterocycles. The smallest absolute Gasteiger partial charge is 0.0226 e. The van der Waals surface area contributed by atoms with E-state index in [1.165, 1.54) is 38.5 Å². The van der Waals surface area contributed by atoms with Crippen LogP contribution in [0, 0.1) is 11.3 Å². The Morgan fingerprint density at radius 1 is 1.31 bits per heavy atom. The van der Waals surface area contributed by atoms with Crippen LogP contribution in [0.25, 0.3) is 0 Å². The Kier molecular flexibility index (Phi) is 3.77. The van der Waals surface area contributed by atoms with Gasteiger partial charge in [-0.25, -0.2) is 0 Å². The molecule has 0 nitrogen and oxygen atoms in total. The van der Waals surface area contributed by atoms with E-state index in [-0.39, 0.29) is 0 Å². The molecule has 74 valence electrons. The van der Waals surface area contributed by atoms with Crippen molar-refractivity contribution in [3.8, 4) is 0 Å². The van der Waals surface area contributed by atoms with Gasteiger partial charge < -0.3 is 0 Å². The summed E-state index contributed by atoms with van der Waals surface area (Å²) >= 11 is 0. The second-order valence-electron chi connectivity index (χ2n) is 4.69. The Bertz CT molecular complexity index is 168. The fourth-order valence-electron chi connectivity index (χ4n) is 2.84. The minimum Gasteiger partial charge on any atom is -0.103 e. The average Bonchev–Trinajstić information content (AvgIpc) is 2.04. The highest BCUT2D eigenvalue weighted by molar-refractivity contribution is 4.94. The SMILES string of the molecule is C=CCC1(CC=C)CCC[C@@H](C)C1. The van der Waals surface area contributed by atoms with Gasteiger partial charge in [0.05, 0.1) is 0 Å². The molecule has 0 heterocycles. The topological polar surface area (TPSA) is 0 Å². The van der Waals surface area contributed by atoms with Gasteiger partial charge in [-0.2, -0.15) is 0 Å². The van der Waals surface area contributed by atoms with Crippen LogP contribution in [0.4, 0.5) is 0 Å². The summed E-state index contributed by atoms with van der Waals surface area (Å²) in [4.78, 5) is 0. The van der Waals surface area contributed by atoms with Crippen molar-refractivity contribution in [3.63, 3.8) is 0 Å². The minimum absolute atomic E-state index is 0.515. The summed E-state index contributed by atoms with van der Waals surface area (Å²) < 4.78 is 0. The number of allylic oxidation sites excluding steroid dienone is 2. The van der Waals surface area contributed by atoms with Gasteiger partial charge in [-0.1, -0.05) is 31.9 Å². The zero-order valence-electron chi connectivity index (χ0n) is 8.89. The fourth-order valence-corrected chi connectivity index (χ4v) is 2.84. The Morgan fingerprint density at radius 2 is 1.92 bits per heavy atom. The molecule has 0 radical (unpaired) electrons. The van der Waals surface area contributed by atoms with Gasteiger partial charge in [0.1, 0.15) is 0 Å². The lowest BCUT2D eigenvalue weighted by Gasteiger charge is -2.39. The molecule has 1 rings (SSSR count). The molecule has 0 saturated heterocycles. The molecule has 13 heavy (non-hydrogen) atoms. The largest absolute Gasteiger partial charge is 0.103 e. The molecule has 0 aromatic carbocycles. The molecule has 0 amide bonds. The Morgan fingerprint density at radius 3 is 2.38 bits per heavy atom. The zero-order valence-corrected chi connectivity index (χ0v) is 8.89. The van der Waals surface area contributed by atoms with Gasteiger partial charge in [-0.05, 0) is 37.0 Å². The summed E-state index contributed by atoms with van der Waals surface area (Å²) in [6.07, 6.45) is 12.1. The molecule has 1 aliphatic rings. The third-order valence-corrected chi connectivity index (χ3v) is 3.34. The van der Waals surface area contributed by atoms with Crippen molar-refractivity contribution in [1.29, 1.82) is 0 Å². The second kappa shape index (κ2) is 4.64. The summed E-state index contributed by atoms with van der Waals surface area (Å²) in [6.45, 7) is 10.1. The first kappa shape index (κ1) is 10.6. The third-order valence-electron chi connectivity index (χ3n) is 3.34. The Labute approximate surface area is 82.7 Å². The Hall–Kier alpha value is -0.520. The van der Waals surface area contributed by atoms with Crippen LogP contribution in [0.3, 0.4) is 0 Å². The predicted octanol–water partition coefficient (Wildman–Crippen LogP) is 4.34. The van der Waals surface area contributed by atoms with E-state index in [1.807, 2.05) is 0 Å². The van der Waals surface area contributed by atoms with Crippen LogP contribution in [0.2, 0.25) is 0 Å². The highest BCUT2D eigenvalue weighted by Gasteiger charge is 2.32. The van der Waals surface area contributed by atoms with Crippen molar-refractivity contribution in [2.45, 2.75) is 45.4 Å². The lowest BCUT2D eigenvalue weighted by Crippen LogP contribution is -2.26. The summed E-state index contributed by atoms with van der Waals surface area (Å²) in [6, 6.07) is 0. The number of hydrogen-bond acceptors (Lipinski definition) is 0. The van der Waals surface area contributed by atoms with E-state index in [0.29, 0.717) is 5.41 Å². The average molecular weight is 178 g/mol. The summed E-state index contributed by atoms with van der Waals surface area (Å²) in [7, 11) is 0. The number of rotatable bonds is 4. The molecule has 1 aliphatic carbocycles. The van der Waals surface area contributed by atoms with Crippen molar-refractivity contribution in [2.24, 2.45) is 11.3 Å². The maximum absolute atomic E-state index is 3.87. The van der Waals surface area contributed by atoms with E-state index in [2.05, 4.69) is 32.2 Å². The van der Waals surface area contributed by atoms with Gasteiger partial charge in [0.15, 0.2) is 0 Å². The van der Waals surface area contributed by atoms with Crippen LogP contribution < -0.4 is 0 Å². The lowest BCUT2D eigenvalue weighted by atomic mass is 9.66. The number of hydrogen-bond donors (Lipinski definition) is 0. The van der Waals surface area contributed by atoms with E-state index in [9.17, 15) is 0 Å². The molecule has 0 aromatic heterocycles. The third kappa shape index (κ3) is 2.72. The van der Waals surface area contributed by atoms with Crippen molar-refractivity contribution >= 4 is 0 Å². The maximum atomic E-state index is 3.87. The first-order valence-electron chi connectivity index (χ1n) is 5.44. The molecule has 0 N–H and O–H groups in total. The van der Waals surface area contributed by atoms with Gasteiger partial charge in [-0.15, -0.1) is 13.2 Å². The van der Waals surface area contributed by atoms with Crippen molar-refractivity contribution in [3.05, 3.63) is 25.3 Å². The van der Waals surface area contributed by atoms with Crippen LogP contribution in [-0.2, 0) is 0 Å². The van der Waals surface area contributed by atoms with E-state index in [0.717, 1.165) is 5.92 Å². The van der Waals surface area contributed by atoms with Gasteiger partial charge in [-0.3, -0.25) is 0 Å². The molecule has 0 heteroatoms.